The standard InChI is InChI=1S/C24H42O7/c1-2-3-4-5-6-7-8-9-10-11-12-13-14-15-16-17-20(26)31-24-23(29)22(28)21(27)19(18-25)30-24/h6-7,9-10,19,21-25,27-29H,2-5,8,11-18H2,1H3/t19-,21-,22+,23-,24?/m1/s1/i1D. The second kappa shape index (κ2) is 17.3. The van der Waals surface area contributed by atoms with Crippen molar-refractivity contribution in [2.45, 2.75) is 115 Å². The Labute approximate surface area is 188 Å². The molecule has 1 fully saturated rings. The van der Waals surface area contributed by atoms with E-state index in [0.717, 1.165) is 57.8 Å². The maximum Gasteiger partial charge on any atom is 0.308 e. The molecule has 7 nitrogen and oxygen atoms in total. The number of aliphatic hydroxyl groups is 4. The largest absolute Gasteiger partial charge is 0.433 e. The highest BCUT2D eigenvalue weighted by molar-refractivity contribution is 5.69. The molecule has 0 spiro atoms. The molecule has 0 saturated carbocycles. The molecule has 0 bridgehead atoms. The molecule has 5 atom stereocenters. The number of allylic oxidation sites excluding steroid dienone is 4. The molecule has 7 heteroatoms. The summed E-state index contributed by atoms with van der Waals surface area (Å²) < 4.78 is 17.3. The molecule has 0 radical (unpaired) electrons. The van der Waals surface area contributed by atoms with E-state index < -0.39 is 43.3 Å². The quantitative estimate of drug-likeness (QED) is 0.164. The topological polar surface area (TPSA) is 116 Å². The van der Waals surface area contributed by atoms with Crippen LogP contribution >= 0.6 is 0 Å². The van der Waals surface area contributed by atoms with Gasteiger partial charge in [-0.05, 0) is 38.5 Å². The molecule has 1 rings (SSSR count). The van der Waals surface area contributed by atoms with Crippen molar-refractivity contribution in [2.75, 3.05) is 6.61 Å². The van der Waals surface area contributed by atoms with Crippen molar-refractivity contribution in [3.05, 3.63) is 24.3 Å². The molecule has 1 unspecified atom stereocenters. The van der Waals surface area contributed by atoms with Gasteiger partial charge in [-0.3, -0.25) is 4.79 Å². The van der Waals surface area contributed by atoms with E-state index in [4.69, 9.17) is 16.0 Å². The summed E-state index contributed by atoms with van der Waals surface area (Å²) in [5.74, 6) is -0.540. The van der Waals surface area contributed by atoms with Crippen molar-refractivity contribution in [3.63, 3.8) is 0 Å². The van der Waals surface area contributed by atoms with Crippen LogP contribution < -0.4 is 0 Å². The average molecular weight is 444 g/mol. The van der Waals surface area contributed by atoms with Crippen molar-refractivity contribution < 1.29 is 36.1 Å². The third-order valence-corrected chi connectivity index (χ3v) is 5.32. The first-order valence-electron chi connectivity index (χ1n) is 12.3. The zero-order valence-corrected chi connectivity index (χ0v) is 18.6. The van der Waals surface area contributed by atoms with Gasteiger partial charge < -0.3 is 29.9 Å². The molecular formula is C24H42O7. The highest BCUT2D eigenvalue weighted by Gasteiger charge is 2.45. The molecule has 1 aliphatic rings. The molecule has 0 aromatic carbocycles. The SMILES string of the molecule is [2H]CCCCCC=CCC=CCCCCCCCC(=O)OC1O[C@H](CO)[C@@H](O)[C@H](O)[C@H]1O. The molecule has 0 aliphatic carbocycles. The van der Waals surface area contributed by atoms with Crippen LogP contribution in [-0.4, -0.2) is 63.7 Å². The zero-order chi connectivity index (χ0) is 23.6. The molecule has 31 heavy (non-hydrogen) atoms. The number of rotatable bonds is 16. The van der Waals surface area contributed by atoms with Gasteiger partial charge in [0, 0.05) is 7.79 Å². The lowest BCUT2D eigenvalue weighted by molar-refractivity contribution is -0.292. The molecule has 1 heterocycles. The van der Waals surface area contributed by atoms with E-state index >= 15 is 0 Å². The van der Waals surface area contributed by atoms with Crippen LogP contribution in [0.25, 0.3) is 0 Å². The third-order valence-electron chi connectivity index (χ3n) is 5.32. The smallest absolute Gasteiger partial charge is 0.308 e. The van der Waals surface area contributed by atoms with Crippen LogP contribution in [-0.2, 0) is 14.3 Å². The summed E-state index contributed by atoms with van der Waals surface area (Å²) in [6.07, 6.45) is 13.2. The van der Waals surface area contributed by atoms with E-state index in [2.05, 4.69) is 24.3 Å². The predicted molar refractivity (Wildman–Crippen MR) is 119 cm³/mol. The fourth-order valence-electron chi connectivity index (χ4n) is 3.36. The van der Waals surface area contributed by atoms with Crippen LogP contribution in [0.15, 0.2) is 24.3 Å². The summed E-state index contributed by atoms with van der Waals surface area (Å²) >= 11 is 0. The van der Waals surface area contributed by atoms with E-state index in [1.807, 2.05) is 0 Å². The van der Waals surface area contributed by atoms with Crippen LogP contribution in [0.1, 0.15) is 85.3 Å². The van der Waals surface area contributed by atoms with Crippen molar-refractivity contribution >= 4 is 5.97 Å². The second-order valence-corrected chi connectivity index (χ2v) is 8.02. The summed E-state index contributed by atoms with van der Waals surface area (Å²) in [5.41, 5.74) is 0. The van der Waals surface area contributed by atoms with Gasteiger partial charge in [0.15, 0.2) is 0 Å². The molecule has 180 valence electrons. The van der Waals surface area contributed by atoms with Crippen LogP contribution in [0.4, 0.5) is 0 Å². The van der Waals surface area contributed by atoms with Crippen molar-refractivity contribution in [1.82, 2.24) is 0 Å². The van der Waals surface area contributed by atoms with Crippen LogP contribution in [0.3, 0.4) is 0 Å². The van der Waals surface area contributed by atoms with Gasteiger partial charge >= 0.3 is 5.97 Å². The Balaban J connectivity index is 2.01. The first-order valence-corrected chi connectivity index (χ1v) is 11.6. The highest BCUT2D eigenvalue weighted by Crippen LogP contribution is 2.22. The Morgan fingerprint density at radius 1 is 0.903 bits per heavy atom. The van der Waals surface area contributed by atoms with Gasteiger partial charge in [0.05, 0.1) is 6.61 Å². The Hall–Kier alpha value is -1.25. The molecular weight excluding hydrogens is 400 g/mol. The van der Waals surface area contributed by atoms with Gasteiger partial charge in [-0.1, -0.05) is 63.3 Å². The Morgan fingerprint density at radius 3 is 2.23 bits per heavy atom. The van der Waals surface area contributed by atoms with Gasteiger partial charge in [0.2, 0.25) is 6.29 Å². The molecule has 0 aromatic rings. The minimum Gasteiger partial charge on any atom is -0.433 e. The summed E-state index contributed by atoms with van der Waals surface area (Å²) in [4.78, 5) is 11.9. The lowest BCUT2D eigenvalue weighted by atomic mass is 9.99. The predicted octanol–water partition coefficient (Wildman–Crippen LogP) is 3.14. The fourth-order valence-corrected chi connectivity index (χ4v) is 3.36. The Bertz CT molecular complexity index is 538. The van der Waals surface area contributed by atoms with Gasteiger partial charge in [0.1, 0.15) is 24.4 Å². The first kappa shape index (κ1) is 26.0. The van der Waals surface area contributed by atoms with E-state index in [9.17, 15) is 20.1 Å². The average Bonchev–Trinajstić information content (AvgIpc) is 2.79. The highest BCUT2D eigenvalue weighted by atomic mass is 16.7. The van der Waals surface area contributed by atoms with Crippen LogP contribution in [0, 0.1) is 0 Å². The lowest BCUT2D eigenvalue weighted by Gasteiger charge is -2.39. The normalized spacial score (nSPS) is 27.1. The number of hydrogen-bond donors (Lipinski definition) is 4. The maximum atomic E-state index is 11.9. The molecule has 0 amide bonds. The number of carbonyl (C=O) groups is 1. The number of carbonyl (C=O) groups excluding carboxylic acids is 1. The van der Waals surface area contributed by atoms with Crippen molar-refractivity contribution in [3.8, 4) is 0 Å². The van der Waals surface area contributed by atoms with E-state index in [-0.39, 0.29) is 6.42 Å². The molecule has 4 N–H and O–H groups in total. The monoisotopic (exact) mass is 443 g/mol. The zero-order valence-electron chi connectivity index (χ0n) is 19.6. The number of unbranched alkanes of at least 4 members (excludes halogenated alkanes) is 8. The summed E-state index contributed by atoms with van der Waals surface area (Å²) in [6.45, 7) is -0.0245. The van der Waals surface area contributed by atoms with Crippen LogP contribution in [0.5, 0.6) is 0 Å². The van der Waals surface area contributed by atoms with E-state index in [0.29, 0.717) is 13.3 Å². The second-order valence-electron chi connectivity index (χ2n) is 8.02. The van der Waals surface area contributed by atoms with Crippen LogP contribution in [0.2, 0.25) is 0 Å². The third kappa shape index (κ3) is 11.8. The van der Waals surface area contributed by atoms with Crippen molar-refractivity contribution in [1.29, 1.82) is 0 Å². The molecule has 1 saturated heterocycles. The summed E-state index contributed by atoms with van der Waals surface area (Å²) in [6, 6.07) is 0. The maximum absolute atomic E-state index is 11.9. The van der Waals surface area contributed by atoms with Gasteiger partial charge in [-0.15, -0.1) is 0 Å². The number of ether oxygens (including phenoxy) is 2. The minimum atomic E-state index is -1.56. The van der Waals surface area contributed by atoms with E-state index in [1.165, 1.54) is 6.42 Å². The minimum absolute atomic E-state index is 0.185. The molecule has 1 aliphatic heterocycles. The van der Waals surface area contributed by atoms with E-state index in [1.54, 1.807) is 0 Å². The van der Waals surface area contributed by atoms with Crippen molar-refractivity contribution in [2.24, 2.45) is 0 Å². The number of esters is 1. The lowest BCUT2D eigenvalue weighted by Crippen LogP contribution is -2.59. The number of hydrogen-bond acceptors (Lipinski definition) is 7. The Kier molecular flexibility index (Phi) is 14.5. The molecule has 0 aromatic heterocycles. The van der Waals surface area contributed by atoms with Gasteiger partial charge in [0.25, 0.3) is 0 Å². The van der Waals surface area contributed by atoms with Gasteiger partial charge in [-0.25, -0.2) is 0 Å². The number of aliphatic hydroxyl groups excluding tert-OH is 4. The fraction of sp³-hybridized carbons (Fsp3) is 0.792. The summed E-state index contributed by atoms with van der Waals surface area (Å²) in [5, 5.41) is 38.5. The summed E-state index contributed by atoms with van der Waals surface area (Å²) in [7, 11) is 0. The Morgan fingerprint density at radius 2 is 1.55 bits per heavy atom. The van der Waals surface area contributed by atoms with Gasteiger partial charge in [-0.2, -0.15) is 0 Å². The first-order chi connectivity index (χ1) is 15.5.